The van der Waals surface area contributed by atoms with Gasteiger partial charge in [0.25, 0.3) is 0 Å². The molecule has 0 amide bonds. The van der Waals surface area contributed by atoms with Crippen LogP contribution >= 0.6 is 0 Å². The molecule has 0 aliphatic heterocycles. The van der Waals surface area contributed by atoms with Crippen LogP contribution in [0, 0.1) is 0 Å². The summed E-state index contributed by atoms with van der Waals surface area (Å²) in [6.07, 6.45) is 0.114. The maximum absolute atomic E-state index is 10.4. The van der Waals surface area contributed by atoms with Gasteiger partial charge in [-0.3, -0.25) is 9.35 Å². The predicted octanol–water partition coefficient (Wildman–Crippen LogP) is -0.122. The Morgan fingerprint density at radius 3 is 2.24 bits per heavy atom. The Hall–Kier alpha value is -1.88. The minimum Gasteiger partial charge on any atom is -0.504 e. The summed E-state index contributed by atoms with van der Waals surface area (Å²) >= 11 is 0. The van der Waals surface area contributed by atoms with Crippen molar-refractivity contribution in [2.24, 2.45) is 5.73 Å². The van der Waals surface area contributed by atoms with E-state index in [4.69, 9.17) is 25.6 Å². The summed E-state index contributed by atoms with van der Waals surface area (Å²) in [6, 6.07) is 3.09. The normalized spacial score (nSPS) is 12.1. The number of aromatic hydroxyl groups is 2. The number of hydrogen-bond donors (Lipinski definition) is 5. The van der Waals surface area contributed by atoms with E-state index in [0.717, 1.165) is 0 Å². The van der Waals surface area contributed by atoms with Gasteiger partial charge in [-0.25, -0.2) is 4.18 Å². The lowest BCUT2D eigenvalue weighted by Gasteiger charge is -2.06. The fourth-order valence-electron chi connectivity index (χ4n) is 1.19. The van der Waals surface area contributed by atoms with Crippen molar-refractivity contribution in [3.05, 3.63) is 23.8 Å². The Kier molecular flexibility index (Phi) is 7.66. The van der Waals surface area contributed by atoms with Crippen LogP contribution in [0.3, 0.4) is 0 Å². The molecule has 21 heavy (non-hydrogen) atoms. The zero-order chi connectivity index (χ0) is 16.6. The Bertz CT molecular complexity index is 572. The molecule has 0 saturated carbocycles. The third kappa shape index (κ3) is 8.81. The monoisotopic (exact) mass is 323 g/mol. The second-order valence-corrected chi connectivity index (χ2v) is 4.90. The van der Waals surface area contributed by atoms with E-state index in [0.29, 0.717) is 5.56 Å². The molecule has 6 N–H and O–H groups in total. The lowest BCUT2D eigenvalue weighted by atomic mass is 10.1. The first-order chi connectivity index (χ1) is 9.56. The SMILES string of the molecule is CCOS(=O)(=O)O.NC(Cc1ccc(O)c(O)c1)C(=O)O. The van der Waals surface area contributed by atoms with E-state index >= 15 is 0 Å². The molecule has 1 aromatic carbocycles. The van der Waals surface area contributed by atoms with E-state index in [2.05, 4.69) is 4.18 Å². The van der Waals surface area contributed by atoms with E-state index in [1.54, 1.807) is 0 Å². The van der Waals surface area contributed by atoms with E-state index in [1.165, 1.54) is 25.1 Å². The molecule has 1 rings (SSSR count). The number of aliphatic carboxylic acids is 1. The molecule has 0 aromatic heterocycles. The number of phenols is 2. The minimum atomic E-state index is -4.17. The fraction of sp³-hybridized carbons (Fsp3) is 0.364. The van der Waals surface area contributed by atoms with Gasteiger partial charge in [0, 0.05) is 0 Å². The number of carboxylic acids is 1. The van der Waals surface area contributed by atoms with Gasteiger partial charge in [-0.15, -0.1) is 0 Å². The van der Waals surface area contributed by atoms with Crippen LogP contribution in [0.1, 0.15) is 12.5 Å². The van der Waals surface area contributed by atoms with Gasteiger partial charge in [-0.1, -0.05) is 6.07 Å². The van der Waals surface area contributed by atoms with E-state index in [9.17, 15) is 13.2 Å². The topological polar surface area (TPSA) is 167 Å². The van der Waals surface area contributed by atoms with Gasteiger partial charge < -0.3 is 21.1 Å². The molecule has 120 valence electrons. The Morgan fingerprint density at radius 2 is 1.90 bits per heavy atom. The lowest BCUT2D eigenvalue weighted by Crippen LogP contribution is -2.32. The van der Waals surface area contributed by atoms with Gasteiger partial charge >= 0.3 is 16.4 Å². The van der Waals surface area contributed by atoms with Crippen molar-refractivity contribution in [1.82, 2.24) is 0 Å². The number of carboxylic acid groups (broad SMARTS) is 1. The number of phenolic OH excluding ortho intramolecular Hbond substituents is 2. The number of hydrogen-bond acceptors (Lipinski definition) is 7. The molecular weight excluding hydrogens is 306 g/mol. The van der Waals surface area contributed by atoms with Crippen LogP contribution in [-0.2, 0) is 25.8 Å². The quantitative estimate of drug-likeness (QED) is 0.366. The summed E-state index contributed by atoms with van der Waals surface area (Å²) in [4.78, 5) is 10.4. The molecule has 1 aromatic rings. The molecule has 0 aliphatic carbocycles. The standard InChI is InChI=1S/C9H11NO4.C2H6O4S/c10-6(9(13)14)3-5-1-2-7(11)8(12)4-5;1-2-6-7(3,4)5/h1-2,4,6,11-12H,3,10H2,(H,13,14);2H2,1H3,(H,3,4,5). The van der Waals surface area contributed by atoms with Gasteiger partial charge in [-0.05, 0) is 31.0 Å². The maximum atomic E-state index is 10.4. The largest absolute Gasteiger partial charge is 0.504 e. The Balaban J connectivity index is 0.000000486. The highest BCUT2D eigenvalue weighted by Gasteiger charge is 2.12. The highest BCUT2D eigenvalue weighted by atomic mass is 32.3. The molecule has 0 saturated heterocycles. The molecule has 0 bridgehead atoms. The molecule has 0 heterocycles. The third-order valence-electron chi connectivity index (χ3n) is 2.08. The van der Waals surface area contributed by atoms with Crippen LogP contribution in [0.2, 0.25) is 0 Å². The van der Waals surface area contributed by atoms with Crippen LogP contribution < -0.4 is 5.73 Å². The molecule has 0 aliphatic rings. The highest BCUT2D eigenvalue weighted by Crippen LogP contribution is 2.25. The summed E-state index contributed by atoms with van der Waals surface area (Å²) in [7, 11) is -4.17. The lowest BCUT2D eigenvalue weighted by molar-refractivity contribution is -0.138. The van der Waals surface area contributed by atoms with E-state index < -0.39 is 22.4 Å². The van der Waals surface area contributed by atoms with E-state index in [-0.39, 0.29) is 24.5 Å². The van der Waals surface area contributed by atoms with Crippen molar-refractivity contribution < 1.29 is 37.3 Å². The predicted molar refractivity (Wildman–Crippen MR) is 72.3 cm³/mol. The summed E-state index contributed by atoms with van der Waals surface area (Å²) in [5.74, 6) is -1.62. The maximum Gasteiger partial charge on any atom is 0.397 e. The first-order valence-corrected chi connectivity index (χ1v) is 7.04. The molecule has 10 heteroatoms. The van der Waals surface area contributed by atoms with Crippen molar-refractivity contribution in [2.45, 2.75) is 19.4 Å². The smallest absolute Gasteiger partial charge is 0.397 e. The fourth-order valence-corrected chi connectivity index (χ4v) is 1.48. The summed E-state index contributed by atoms with van der Waals surface area (Å²) < 4.78 is 30.7. The molecule has 1 unspecified atom stereocenters. The Labute approximate surface area is 121 Å². The van der Waals surface area contributed by atoms with E-state index in [1.807, 2.05) is 0 Å². The van der Waals surface area contributed by atoms with Crippen molar-refractivity contribution >= 4 is 16.4 Å². The zero-order valence-corrected chi connectivity index (χ0v) is 11.9. The highest BCUT2D eigenvalue weighted by molar-refractivity contribution is 7.80. The number of carbonyl (C=O) groups is 1. The van der Waals surface area contributed by atoms with Gasteiger partial charge in [0.2, 0.25) is 0 Å². The van der Waals surface area contributed by atoms with Crippen LogP contribution in [-0.4, -0.2) is 46.9 Å². The van der Waals surface area contributed by atoms with Gasteiger partial charge in [0.05, 0.1) is 6.61 Å². The molecule has 0 fully saturated rings. The number of nitrogens with two attached hydrogens (primary N) is 1. The average molecular weight is 323 g/mol. The summed E-state index contributed by atoms with van der Waals surface area (Å²) in [6.45, 7) is 1.44. The van der Waals surface area contributed by atoms with Crippen molar-refractivity contribution in [3.63, 3.8) is 0 Å². The van der Waals surface area contributed by atoms with Crippen LogP contribution in [0.25, 0.3) is 0 Å². The zero-order valence-electron chi connectivity index (χ0n) is 11.1. The third-order valence-corrected chi connectivity index (χ3v) is 2.61. The van der Waals surface area contributed by atoms with Crippen LogP contribution in [0.5, 0.6) is 11.5 Å². The second kappa shape index (κ2) is 8.42. The van der Waals surface area contributed by atoms with Gasteiger partial charge in [0.15, 0.2) is 11.5 Å². The first-order valence-electron chi connectivity index (χ1n) is 5.68. The molecule has 1 atom stereocenters. The second-order valence-electron chi connectivity index (χ2n) is 3.81. The first kappa shape index (κ1) is 19.1. The number of benzene rings is 1. The summed E-state index contributed by atoms with van der Waals surface area (Å²) in [5, 5.41) is 26.6. The minimum absolute atomic E-state index is 0.0289. The molecule has 0 spiro atoms. The molecule has 0 radical (unpaired) electrons. The van der Waals surface area contributed by atoms with Crippen molar-refractivity contribution in [1.29, 1.82) is 0 Å². The van der Waals surface area contributed by atoms with Crippen molar-refractivity contribution in [2.75, 3.05) is 6.61 Å². The van der Waals surface area contributed by atoms with Gasteiger partial charge in [0.1, 0.15) is 6.04 Å². The number of rotatable bonds is 5. The Morgan fingerprint density at radius 1 is 1.33 bits per heavy atom. The van der Waals surface area contributed by atoms with Crippen molar-refractivity contribution in [3.8, 4) is 11.5 Å². The van der Waals surface area contributed by atoms with Crippen LogP contribution in [0.15, 0.2) is 18.2 Å². The van der Waals surface area contributed by atoms with Gasteiger partial charge in [-0.2, -0.15) is 8.42 Å². The summed E-state index contributed by atoms with van der Waals surface area (Å²) in [5.41, 5.74) is 5.86. The average Bonchev–Trinajstić information content (AvgIpc) is 2.33. The molecule has 9 nitrogen and oxygen atoms in total. The van der Waals surface area contributed by atoms with Crippen LogP contribution in [0.4, 0.5) is 0 Å². The molecular formula is C11H17NO8S.